The first kappa shape index (κ1) is 12.7. The summed E-state index contributed by atoms with van der Waals surface area (Å²) in [7, 11) is 1.63. The van der Waals surface area contributed by atoms with Crippen LogP contribution in [0, 0.1) is 0 Å². The lowest BCUT2D eigenvalue weighted by Gasteiger charge is -2.13. The van der Waals surface area contributed by atoms with Crippen LogP contribution >= 0.6 is 34.5 Å². The Balaban J connectivity index is 2.21. The second-order valence-electron chi connectivity index (χ2n) is 3.69. The number of rotatable bonds is 4. The maximum atomic E-state index is 6.42. The van der Waals surface area contributed by atoms with Crippen LogP contribution in [0.15, 0.2) is 35.0 Å². The number of methoxy groups -OCH3 is 1. The maximum absolute atomic E-state index is 6.42. The van der Waals surface area contributed by atoms with Crippen LogP contribution in [0.2, 0.25) is 5.02 Å². The highest BCUT2D eigenvalue weighted by Gasteiger charge is 2.14. The molecule has 0 aliphatic rings. The van der Waals surface area contributed by atoms with E-state index in [4.69, 9.17) is 27.9 Å². The number of hydrogen-bond acceptors (Lipinski definition) is 2. The molecule has 0 aliphatic heterocycles. The molecular weight excluding hydrogens is 275 g/mol. The van der Waals surface area contributed by atoms with Gasteiger partial charge in [-0.2, -0.15) is 11.3 Å². The first-order valence-corrected chi connectivity index (χ1v) is 6.95. The monoisotopic (exact) mass is 286 g/mol. The van der Waals surface area contributed by atoms with Crippen molar-refractivity contribution >= 4 is 34.5 Å². The van der Waals surface area contributed by atoms with E-state index in [1.54, 1.807) is 24.5 Å². The number of alkyl halides is 1. The van der Waals surface area contributed by atoms with Gasteiger partial charge in [-0.05, 0) is 40.9 Å². The molecule has 17 heavy (non-hydrogen) atoms. The minimum atomic E-state index is -0.100. The van der Waals surface area contributed by atoms with Crippen molar-refractivity contribution in [3.05, 3.63) is 51.2 Å². The van der Waals surface area contributed by atoms with Gasteiger partial charge in [0.2, 0.25) is 0 Å². The topological polar surface area (TPSA) is 9.23 Å². The van der Waals surface area contributed by atoms with Crippen molar-refractivity contribution in [2.75, 3.05) is 7.11 Å². The fraction of sp³-hybridized carbons (Fsp3) is 0.231. The fourth-order valence-corrected chi connectivity index (χ4v) is 2.87. The van der Waals surface area contributed by atoms with E-state index in [1.807, 2.05) is 12.1 Å². The summed E-state index contributed by atoms with van der Waals surface area (Å²) >= 11 is 14.0. The third-order valence-corrected chi connectivity index (χ3v) is 3.88. The summed E-state index contributed by atoms with van der Waals surface area (Å²) in [6.45, 7) is 0. The second-order valence-corrected chi connectivity index (χ2v) is 5.43. The van der Waals surface area contributed by atoms with Crippen molar-refractivity contribution in [2.45, 2.75) is 11.8 Å². The lowest BCUT2D eigenvalue weighted by molar-refractivity contribution is 0.409. The van der Waals surface area contributed by atoms with E-state index in [0.717, 1.165) is 17.7 Å². The molecule has 4 heteroatoms. The Morgan fingerprint density at radius 3 is 2.82 bits per heavy atom. The molecule has 2 aromatic rings. The zero-order chi connectivity index (χ0) is 12.3. The van der Waals surface area contributed by atoms with Gasteiger partial charge in [-0.25, -0.2) is 0 Å². The number of thiophene rings is 1. The summed E-state index contributed by atoms with van der Waals surface area (Å²) in [6, 6.07) is 7.63. The summed E-state index contributed by atoms with van der Waals surface area (Å²) in [5, 5.41) is 4.72. The Kier molecular flexibility index (Phi) is 4.32. The average Bonchev–Trinajstić information content (AvgIpc) is 2.81. The minimum absolute atomic E-state index is 0.100. The number of halogens is 2. The fourth-order valence-electron chi connectivity index (χ4n) is 1.67. The normalized spacial score (nSPS) is 12.4. The molecule has 1 nitrogen and oxygen atoms in total. The first-order chi connectivity index (χ1) is 8.20. The van der Waals surface area contributed by atoms with Crippen molar-refractivity contribution in [2.24, 2.45) is 0 Å². The van der Waals surface area contributed by atoms with Crippen LogP contribution in [-0.4, -0.2) is 7.11 Å². The molecule has 0 fully saturated rings. The van der Waals surface area contributed by atoms with Gasteiger partial charge < -0.3 is 4.74 Å². The molecule has 0 radical (unpaired) electrons. The van der Waals surface area contributed by atoms with Crippen LogP contribution in [0.25, 0.3) is 0 Å². The van der Waals surface area contributed by atoms with Gasteiger partial charge >= 0.3 is 0 Å². The summed E-state index contributed by atoms with van der Waals surface area (Å²) in [6.07, 6.45) is 0.795. The lowest BCUT2D eigenvalue weighted by atomic mass is 10.1. The highest BCUT2D eigenvalue weighted by Crippen LogP contribution is 2.34. The van der Waals surface area contributed by atoms with Crippen LogP contribution in [0.1, 0.15) is 16.5 Å². The molecule has 0 saturated heterocycles. The van der Waals surface area contributed by atoms with Crippen LogP contribution in [-0.2, 0) is 6.42 Å². The predicted octanol–water partition coefficient (Wildman–Crippen LogP) is 4.93. The maximum Gasteiger partial charge on any atom is 0.125 e. The van der Waals surface area contributed by atoms with Crippen LogP contribution < -0.4 is 4.74 Å². The molecule has 90 valence electrons. The van der Waals surface area contributed by atoms with E-state index < -0.39 is 0 Å². The largest absolute Gasteiger partial charge is 0.496 e. The van der Waals surface area contributed by atoms with E-state index in [0.29, 0.717) is 5.02 Å². The van der Waals surface area contributed by atoms with Gasteiger partial charge in [0.05, 0.1) is 12.5 Å². The third kappa shape index (κ3) is 3.15. The van der Waals surface area contributed by atoms with Crippen LogP contribution in [0.4, 0.5) is 0 Å². The van der Waals surface area contributed by atoms with Crippen molar-refractivity contribution in [1.82, 2.24) is 0 Å². The molecule has 0 bridgehead atoms. The average molecular weight is 287 g/mol. The smallest absolute Gasteiger partial charge is 0.125 e. The van der Waals surface area contributed by atoms with Crippen molar-refractivity contribution < 1.29 is 4.74 Å². The summed E-state index contributed by atoms with van der Waals surface area (Å²) in [5.41, 5.74) is 2.22. The van der Waals surface area contributed by atoms with Gasteiger partial charge in [0.1, 0.15) is 5.75 Å². The lowest BCUT2D eigenvalue weighted by Crippen LogP contribution is -1.98. The number of benzene rings is 1. The quantitative estimate of drug-likeness (QED) is 0.724. The van der Waals surface area contributed by atoms with Gasteiger partial charge in [-0.3, -0.25) is 0 Å². The van der Waals surface area contributed by atoms with Gasteiger partial charge in [0.15, 0.2) is 0 Å². The first-order valence-electron chi connectivity index (χ1n) is 5.19. The second kappa shape index (κ2) is 5.76. The Bertz CT molecular complexity index is 482. The Labute approximate surface area is 115 Å². The molecule has 1 unspecified atom stereocenters. The predicted molar refractivity (Wildman–Crippen MR) is 74.6 cm³/mol. The van der Waals surface area contributed by atoms with E-state index >= 15 is 0 Å². The molecule has 1 aromatic carbocycles. The zero-order valence-electron chi connectivity index (χ0n) is 9.32. The summed E-state index contributed by atoms with van der Waals surface area (Å²) in [4.78, 5) is 0. The molecule has 0 aliphatic carbocycles. The molecule has 1 atom stereocenters. The third-order valence-electron chi connectivity index (χ3n) is 2.53. The molecule has 0 N–H and O–H groups in total. The number of ether oxygens (including phenoxy) is 1. The molecule has 1 aromatic heterocycles. The molecule has 0 spiro atoms. The summed E-state index contributed by atoms with van der Waals surface area (Å²) in [5.74, 6) is 0.743. The molecule has 0 saturated carbocycles. The van der Waals surface area contributed by atoms with E-state index in [2.05, 4.69) is 16.8 Å². The van der Waals surface area contributed by atoms with Crippen molar-refractivity contribution in [3.63, 3.8) is 0 Å². The molecule has 2 rings (SSSR count). The van der Waals surface area contributed by atoms with E-state index in [-0.39, 0.29) is 5.38 Å². The van der Waals surface area contributed by atoms with E-state index in [1.165, 1.54) is 5.56 Å². The Morgan fingerprint density at radius 2 is 2.18 bits per heavy atom. The molecular formula is C13H12Cl2OS. The van der Waals surface area contributed by atoms with Crippen molar-refractivity contribution in [3.8, 4) is 5.75 Å². The molecule has 0 amide bonds. The van der Waals surface area contributed by atoms with Crippen LogP contribution in [0.3, 0.4) is 0 Å². The highest BCUT2D eigenvalue weighted by atomic mass is 35.5. The van der Waals surface area contributed by atoms with Gasteiger partial charge in [0, 0.05) is 10.6 Å². The highest BCUT2D eigenvalue weighted by molar-refractivity contribution is 7.07. The molecule has 1 heterocycles. The van der Waals surface area contributed by atoms with Gasteiger partial charge in [0.25, 0.3) is 0 Å². The Hall–Kier alpha value is -0.700. The summed E-state index contributed by atoms with van der Waals surface area (Å²) < 4.78 is 5.30. The van der Waals surface area contributed by atoms with Gasteiger partial charge in [-0.15, -0.1) is 11.6 Å². The zero-order valence-corrected chi connectivity index (χ0v) is 11.6. The number of hydrogen-bond donors (Lipinski definition) is 0. The Morgan fingerprint density at radius 1 is 1.35 bits per heavy atom. The van der Waals surface area contributed by atoms with Crippen LogP contribution in [0.5, 0.6) is 5.75 Å². The standard InChI is InChI=1S/C13H12Cl2OS/c1-16-13-7-10(14)2-3-11(13)12(15)6-9-4-5-17-8-9/h2-5,7-8,12H,6H2,1H3. The van der Waals surface area contributed by atoms with E-state index in [9.17, 15) is 0 Å². The van der Waals surface area contributed by atoms with Gasteiger partial charge in [-0.1, -0.05) is 17.7 Å². The van der Waals surface area contributed by atoms with Crippen molar-refractivity contribution in [1.29, 1.82) is 0 Å². The SMILES string of the molecule is COc1cc(Cl)ccc1C(Cl)Cc1ccsc1. The minimum Gasteiger partial charge on any atom is -0.496 e.